The van der Waals surface area contributed by atoms with Crippen LogP contribution in [0.25, 0.3) is 11.4 Å². The molecule has 0 bridgehead atoms. The Hall–Kier alpha value is -4.25. The Morgan fingerprint density at radius 3 is 2.45 bits per heavy atom. The molecular weight excluding hydrogens is 394 g/mol. The Bertz CT molecular complexity index is 1080. The summed E-state index contributed by atoms with van der Waals surface area (Å²) in [6, 6.07) is 17.7. The quantitative estimate of drug-likeness (QED) is 0.581. The number of rotatable bonds is 8. The average molecular weight is 415 g/mol. The number of phenolic OH excluding ortho intramolecular Hbond substituents is 1. The molecule has 0 radical (unpaired) electrons. The van der Waals surface area contributed by atoms with Gasteiger partial charge in [0.05, 0.1) is 30.6 Å². The summed E-state index contributed by atoms with van der Waals surface area (Å²) in [7, 11) is 0. The Balaban J connectivity index is 1.56. The van der Waals surface area contributed by atoms with Crippen LogP contribution in [0.3, 0.4) is 0 Å². The molecule has 2 amide bonds. The van der Waals surface area contributed by atoms with Crippen LogP contribution in [0.1, 0.15) is 19.3 Å². The van der Waals surface area contributed by atoms with Gasteiger partial charge in [-0.3, -0.25) is 9.59 Å². The Labute approximate surface area is 179 Å². The summed E-state index contributed by atoms with van der Waals surface area (Å²) < 4.78 is 0. The van der Waals surface area contributed by atoms with E-state index in [-0.39, 0.29) is 43.4 Å². The topological polar surface area (TPSA) is 119 Å². The van der Waals surface area contributed by atoms with E-state index in [9.17, 15) is 14.7 Å². The summed E-state index contributed by atoms with van der Waals surface area (Å²) in [6.45, 7) is 0.269. The highest BCUT2D eigenvalue weighted by molar-refractivity contribution is 5.98. The maximum absolute atomic E-state index is 12.6. The number of hydrogen-bond acceptors (Lipinski definition) is 6. The molecule has 3 rings (SSSR count). The van der Waals surface area contributed by atoms with Crippen molar-refractivity contribution in [2.45, 2.75) is 19.3 Å². The molecule has 0 unspecified atom stereocenters. The molecule has 1 aromatic heterocycles. The van der Waals surface area contributed by atoms with E-state index in [1.165, 1.54) is 17.3 Å². The van der Waals surface area contributed by atoms with Crippen LogP contribution in [0.2, 0.25) is 0 Å². The monoisotopic (exact) mass is 415 g/mol. The number of anilines is 2. The third kappa shape index (κ3) is 6.11. The van der Waals surface area contributed by atoms with Gasteiger partial charge in [-0.1, -0.05) is 30.3 Å². The fraction of sp³-hybridized carbons (Fsp3) is 0.174. The number of aromatic nitrogens is 2. The van der Waals surface area contributed by atoms with Gasteiger partial charge in [0.2, 0.25) is 11.8 Å². The molecule has 8 nitrogen and oxygen atoms in total. The van der Waals surface area contributed by atoms with Crippen molar-refractivity contribution in [1.82, 2.24) is 9.97 Å². The molecule has 0 spiro atoms. The van der Waals surface area contributed by atoms with E-state index in [0.29, 0.717) is 22.8 Å². The molecule has 0 aliphatic heterocycles. The molecule has 0 atom stereocenters. The highest BCUT2D eigenvalue weighted by atomic mass is 16.3. The minimum atomic E-state index is -0.338. The lowest BCUT2D eigenvalue weighted by Crippen LogP contribution is -2.32. The van der Waals surface area contributed by atoms with E-state index in [1.54, 1.807) is 36.4 Å². The van der Waals surface area contributed by atoms with Gasteiger partial charge in [0.1, 0.15) is 5.75 Å². The SMILES string of the molecule is N#CCCN(C(=O)CCC(=O)Nc1cnc(-c2cccc(O)c2)nc1)c1ccccc1. The van der Waals surface area contributed by atoms with Gasteiger partial charge in [-0.25, -0.2) is 9.97 Å². The number of nitrogens with one attached hydrogen (secondary N) is 1. The van der Waals surface area contributed by atoms with Gasteiger partial charge in [-0.05, 0) is 24.3 Å². The van der Waals surface area contributed by atoms with Gasteiger partial charge >= 0.3 is 0 Å². The predicted molar refractivity (Wildman–Crippen MR) is 116 cm³/mol. The third-order valence-corrected chi connectivity index (χ3v) is 4.42. The standard InChI is InChI=1S/C23H21N5O3/c24-12-5-13-28(19-7-2-1-3-8-19)22(31)11-10-21(30)27-18-15-25-23(26-16-18)17-6-4-9-20(29)14-17/h1-4,6-9,14-16,29H,5,10-11,13H2,(H,27,30). The highest BCUT2D eigenvalue weighted by Crippen LogP contribution is 2.20. The summed E-state index contributed by atoms with van der Waals surface area (Å²) >= 11 is 0. The molecule has 2 aromatic carbocycles. The Morgan fingerprint density at radius 1 is 1.03 bits per heavy atom. The molecule has 156 valence electrons. The molecule has 31 heavy (non-hydrogen) atoms. The van der Waals surface area contributed by atoms with E-state index in [0.717, 1.165) is 0 Å². The van der Waals surface area contributed by atoms with E-state index < -0.39 is 0 Å². The van der Waals surface area contributed by atoms with E-state index in [1.807, 2.05) is 24.3 Å². The van der Waals surface area contributed by atoms with Crippen molar-refractivity contribution < 1.29 is 14.7 Å². The smallest absolute Gasteiger partial charge is 0.227 e. The third-order valence-electron chi connectivity index (χ3n) is 4.42. The predicted octanol–water partition coefficient (Wildman–Crippen LogP) is 3.51. The van der Waals surface area contributed by atoms with Crippen LogP contribution >= 0.6 is 0 Å². The fourth-order valence-corrected chi connectivity index (χ4v) is 2.93. The molecule has 0 fully saturated rings. The molecular formula is C23H21N5O3. The van der Waals surface area contributed by atoms with Crippen molar-refractivity contribution in [2.24, 2.45) is 0 Å². The number of nitriles is 1. The summed E-state index contributed by atoms with van der Waals surface area (Å²) in [5, 5.41) is 21.1. The van der Waals surface area contributed by atoms with Crippen molar-refractivity contribution in [1.29, 1.82) is 5.26 Å². The summed E-state index contributed by atoms with van der Waals surface area (Å²) in [4.78, 5) is 34.8. The zero-order chi connectivity index (χ0) is 22.1. The van der Waals surface area contributed by atoms with Gasteiger partial charge in [0.25, 0.3) is 0 Å². The molecule has 2 N–H and O–H groups in total. The lowest BCUT2D eigenvalue weighted by atomic mass is 10.2. The van der Waals surface area contributed by atoms with Gasteiger partial charge in [0.15, 0.2) is 5.82 Å². The molecule has 0 aliphatic rings. The van der Waals surface area contributed by atoms with Crippen LogP contribution in [0, 0.1) is 11.3 Å². The van der Waals surface area contributed by atoms with Crippen molar-refractivity contribution >= 4 is 23.2 Å². The fourth-order valence-electron chi connectivity index (χ4n) is 2.93. The maximum Gasteiger partial charge on any atom is 0.227 e. The normalized spacial score (nSPS) is 10.2. The number of phenols is 1. The number of para-hydroxylation sites is 1. The number of carbonyl (C=O) groups excluding carboxylic acids is 2. The van der Waals surface area contributed by atoms with Crippen molar-refractivity contribution in [3.63, 3.8) is 0 Å². The van der Waals surface area contributed by atoms with Crippen molar-refractivity contribution in [2.75, 3.05) is 16.8 Å². The molecule has 3 aromatic rings. The number of aromatic hydroxyl groups is 1. The second-order valence-electron chi connectivity index (χ2n) is 6.68. The number of amides is 2. The Kier molecular flexibility index (Phi) is 7.27. The summed E-state index contributed by atoms with van der Waals surface area (Å²) in [6.07, 6.45) is 3.14. The second kappa shape index (κ2) is 10.5. The maximum atomic E-state index is 12.6. The summed E-state index contributed by atoms with van der Waals surface area (Å²) in [5.41, 5.74) is 1.76. The molecule has 8 heteroatoms. The first-order valence-electron chi connectivity index (χ1n) is 9.70. The number of carbonyl (C=O) groups is 2. The number of nitrogens with zero attached hydrogens (tertiary/aromatic N) is 4. The second-order valence-corrected chi connectivity index (χ2v) is 6.68. The van der Waals surface area contributed by atoms with Gasteiger partial charge in [0, 0.05) is 30.6 Å². The molecule has 0 saturated carbocycles. The molecule has 0 aliphatic carbocycles. The highest BCUT2D eigenvalue weighted by Gasteiger charge is 2.17. The van der Waals surface area contributed by atoms with Crippen LogP contribution in [-0.4, -0.2) is 33.4 Å². The number of hydrogen-bond donors (Lipinski definition) is 2. The van der Waals surface area contributed by atoms with Gasteiger partial charge in [-0.2, -0.15) is 5.26 Å². The lowest BCUT2D eigenvalue weighted by molar-refractivity contribution is -0.122. The van der Waals surface area contributed by atoms with Crippen LogP contribution in [0.5, 0.6) is 5.75 Å². The van der Waals surface area contributed by atoms with E-state index >= 15 is 0 Å². The minimum absolute atomic E-state index is 0.00832. The van der Waals surface area contributed by atoms with Gasteiger partial charge < -0.3 is 15.3 Å². The van der Waals surface area contributed by atoms with E-state index in [4.69, 9.17) is 5.26 Å². The van der Waals surface area contributed by atoms with Crippen molar-refractivity contribution in [3.8, 4) is 23.2 Å². The largest absolute Gasteiger partial charge is 0.508 e. The lowest BCUT2D eigenvalue weighted by Gasteiger charge is -2.21. The van der Waals surface area contributed by atoms with Crippen LogP contribution in [-0.2, 0) is 9.59 Å². The van der Waals surface area contributed by atoms with Crippen LogP contribution in [0.15, 0.2) is 67.0 Å². The van der Waals surface area contributed by atoms with Gasteiger partial charge in [-0.15, -0.1) is 0 Å². The zero-order valence-electron chi connectivity index (χ0n) is 16.7. The minimum Gasteiger partial charge on any atom is -0.508 e. The first kappa shape index (κ1) is 21.5. The Morgan fingerprint density at radius 2 is 1.77 bits per heavy atom. The van der Waals surface area contributed by atoms with Crippen LogP contribution < -0.4 is 10.2 Å². The summed E-state index contributed by atoms with van der Waals surface area (Å²) in [5.74, 6) is -0.0371. The van der Waals surface area contributed by atoms with E-state index in [2.05, 4.69) is 15.3 Å². The average Bonchev–Trinajstić information content (AvgIpc) is 2.79. The van der Waals surface area contributed by atoms with Crippen molar-refractivity contribution in [3.05, 3.63) is 67.0 Å². The molecule has 0 saturated heterocycles. The van der Waals surface area contributed by atoms with Crippen LogP contribution in [0.4, 0.5) is 11.4 Å². The first-order chi connectivity index (χ1) is 15.1. The first-order valence-corrected chi connectivity index (χ1v) is 9.70. The number of benzene rings is 2. The molecule has 1 heterocycles. The zero-order valence-corrected chi connectivity index (χ0v) is 16.7.